The minimum Gasteiger partial charge on any atom is -0.456 e. The predicted octanol–water partition coefficient (Wildman–Crippen LogP) is 1.80. The lowest BCUT2D eigenvalue weighted by atomic mass is 10.0. The molecule has 2 heterocycles. The molecule has 0 spiro atoms. The topological polar surface area (TPSA) is 62.6 Å². The molecule has 1 atom stereocenters. The van der Waals surface area contributed by atoms with Gasteiger partial charge in [-0.15, -0.1) is 0 Å². The number of nitrogens with one attached hydrogen (secondary N) is 1. The molecule has 1 N–H and O–H groups in total. The lowest BCUT2D eigenvalue weighted by Gasteiger charge is -2.30. The van der Waals surface area contributed by atoms with E-state index in [1.807, 2.05) is 0 Å². The maximum absolute atomic E-state index is 12.1. The second-order valence-corrected chi connectivity index (χ2v) is 6.03. The zero-order valence-corrected chi connectivity index (χ0v) is 13.0. The van der Waals surface area contributed by atoms with E-state index in [9.17, 15) is 9.59 Å². The number of amides is 1. The Bertz CT molecular complexity index is 545. The Balaban J connectivity index is 1.99. The van der Waals surface area contributed by atoms with Gasteiger partial charge in [-0.25, -0.2) is 0 Å². The summed E-state index contributed by atoms with van der Waals surface area (Å²) in [6.45, 7) is 8.77. The standard InChI is InChI=1S/C16H24N2O3/c1-11(2)14(18-6-4-5-7-18)10-17-16(20)15-9-13(19)8-12(3)21-15/h8-9,11,14H,4-7,10H2,1-3H3,(H,17,20). The first-order valence-electron chi connectivity index (χ1n) is 7.61. The van der Waals surface area contributed by atoms with Crippen molar-refractivity contribution in [2.45, 2.75) is 39.7 Å². The van der Waals surface area contributed by atoms with Crippen LogP contribution in [0.1, 0.15) is 43.0 Å². The number of rotatable bonds is 5. The number of aryl methyl sites for hydroxylation is 1. The Morgan fingerprint density at radius 3 is 2.57 bits per heavy atom. The van der Waals surface area contributed by atoms with Crippen LogP contribution in [0.4, 0.5) is 0 Å². The summed E-state index contributed by atoms with van der Waals surface area (Å²) in [6, 6.07) is 2.94. The molecule has 1 aliphatic rings. The molecule has 1 amide bonds. The van der Waals surface area contributed by atoms with Crippen molar-refractivity contribution < 1.29 is 9.21 Å². The molecule has 116 valence electrons. The summed E-state index contributed by atoms with van der Waals surface area (Å²) >= 11 is 0. The highest BCUT2D eigenvalue weighted by atomic mass is 16.3. The van der Waals surface area contributed by atoms with E-state index in [-0.39, 0.29) is 17.1 Å². The van der Waals surface area contributed by atoms with Crippen molar-refractivity contribution in [3.05, 3.63) is 33.9 Å². The zero-order chi connectivity index (χ0) is 15.4. The van der Waals surface area contributed by atoms with Crippen LogP contribution in [-0.4, -0.2) is 36.5 Å². The number of nitrogens with zero attached hydrogens (tertiary/aromatic N) is 1. The Kier molecular flexibility index (Phi) is 5.17. The molecule has 0 aromatic carbocycles. The molecule has 1 aliphatic heterocycles. The average Bonchev–Trinajstić information content (AvgIpc) is 2.91. The fourth-order valence-corrected chi connectivity index (χ4v) is 2.86. The zero-order valence-electron chi connectivity index (χ0n) is 13.0. The molecule has 1 unspecified atom stereocenters. The van der Waals surface area contributed by atoms with Gasteiger partial charge in [-0.05, 0) is 38.8 Å². The van der Waals surface area contributed by atoms with Gasteiger partial charge in [0.25, 0.3) is 5.91 Å². The summed E-state index contributed by atoms with van der Waals surface area (Å²) in [5, 5.41) is 2.90. The fourth-order valence-electron chi connectivity index (χ4n) is 2.86. The van der Waals surface area contributed by atoms with Crippen molar-refractivity contribution in [3.63, 3.8) is 0 Å². The first-order valence-corrected chi connectivity index (χ1v) is 7.61. The molecule has 1 fully saturated rings. The smallest absolute Gasteiger partial charge is 0.287 e. The van der Waals surface area contributed by atoms with Crippen LogP contribution in [0, 0.1) is 12.8 Å². The fraction of sp³-hybridized carbons (Fsp3) is 0.625. The van der Waals surface area contributed by atoms with Gasteiger partial charge in [0.05, 0.1) is 0 Å². The summed E-state index contributed by atoms with van der Waals surface area (Å²) < 4.78 is 5.31. The average molecular weight is 292 g/mol. The van der Waals surface area contributed by atoms with Crippen LogP contribution in [0.5, 0.6) is 0 Å². The van der Waals surface area contributed by atoms with Crippen molar-refractivity contribution in [1.29, 1.82) is 0 Å². The molecule has 0 radical (unpaired) electrons. The lowest BCUT2D eigenvalue weighted by Crippen LogP contribution is -2.45. The van der Waals surface area contributed by atoms with E-state index in [2.05, 4.69) is 24.1 Å². The van der Waals surface area contributed by atoms with Crippen LogP contribution in [0.2, 0.25) is 0 Å². The van der Waals surface area contributed by atoms with Gasteiger partial charge in [0.2, 0.25) is 0 Å². The van der Waals surface area contributed by atoms with Gasteiger partial charge < -0.3 is 9.73 Å². The minimum absolute atomic E-state index is 0.0870. The number of hydrogen-bond acceptors (Lipinski definition) is 4. The molecule has 21 heavy (non-hydrogen) atoms. The number of carbonyl (C=O) groups excluding carboxylic acids is 1. The summed E-state index contributed by atoms with van der Waals surface area (Å²) in [5.74, 6) is 0.685. The van der Waals surface area contributed by atoms with E-state index in [0.29, 0.717) is 24.3 Å². The first-order chi connectivity index (χ1) is 9.97. The van der Waals surface area contributed by atoms with Gasteiger partial charge in [-0.1, -0.05) is 13.8 Å². The SMILES string of the molecule is Cc1cc(=O)cc(C(=O)NCC(C(C)C)N2CCCC2)o1. The van der Waals surface area contributed by atoms with Crippen LogP contribution in [-0.2, 0) is 0 Å². The van der Waals surface area contributed by atoms with Gasteiger partial charge in [0.1, 0.15) is 5.76 Å². The lowest BCUT2D eigenvalue weighted by molar-refractivity contribution is 0.0895. The largest absolute Gasteiger partial charge is 0.456 e. The van der Waals surface area contributed by atoms with E-state index < -0.39 is 0 Å². The van der Waals surface area contributed by atoms with E-state index in [4.69, 9.17) is 4.42 Å². The highest BCUT2D eigenvalue weighted by molar-refractivity contribution is 5.91. The molecule has 0 bridgehead atoms. The van der Waals surface area contributed by atoms with E-state index in [0.717, 1.165) is 13.1 Å². The van der Waals surface area contributed by atoms with Crippen LogP contribution in [0.15, 0.2) is 21.3 Å². The van der Waals surface area contributed by atoms with Gasteiger partial charge in [0.15, 0.2) is 11.2 Å². The Morgan fingerprint density at radius 1 is 1.33 bits per heavy atom. The third-order valence-corrected chi connectivity index (χ3v) is 3.96. The molecule has 1 aromatic heterocycles. The van der Waals surface area contributed by atoms with Gasteiger partial charge >= 0.3 is 0 Å². The molecule has 0 aliphatic carbocycles. The van der Waals surface area contributed by atoms with E-state index >= 15 is 0 Å². The van der Waals surface area contributed by atoms with Crippen LogP contribution in [0.3, 0.4) is 0 Å². The molecular formula is C16H24N2O3. The van der Waals surface area contributed by atoms with Crippen molar-refractivity contribution in [2.24, 2.45) is 5.92 Å². The predicted molar refractivity (Wildman–Crippen MR) is 81.5 cm³/mol. The molecule has 2 rings (SSSR count). The second-order valence-electron chi connectivity index (χ2n) is 6.03. The molecule has 1 aromatic rings. The Morgan fingerprint density at radius 2 is 2.00 bits per heavy atom. The minimum atomic E-state index is -0.319. The maximum atomic E-state index is 12.1. The molecule has 5 nitrogen and oxygen atoms in total. The Hall–Kier alpha value is -1.62. The molecular weight excluding hydrogens is 268 g/mol. The summed E-state index contributed by atoms with van der Waals surface area (Å²) in [7, 11) is 0. The monoisotopic (exact) mass is 292 g/mol. The normalized spacial score (nSPS) is 17.1. The summed E-state index contributed by atoms with van der Waals surface area (Å²) in [4.78, 5) is 26.0. The van der Waals surface area contributed by atoms with Crippen LogP contribution >= 0.6 is 0 Å². The van der Waals surface area contributed by atoms with Crippen molar-refractivity contribution in [3.8, 4) is 0 Å². The third kappa shape index (κ3) is 4.17. The number of carbonyl (C=O) groups is 1. The first kappa shape index (κ1) is 15.8. The quantitative estimate of drug-likeness (QED) is 0.899. The van der Waals surface area contributed by atoms with Crippen LogP contribution in [0.25, 0.3) is 0 Å². The van der Waals surface area contributed by atoms with Gasteiger partial charge in [-0.3, -0.25) is 14.5 Å². The molecule has 1 saturated heterocycles. The number of hydrogen-bond donors (Lipinski definition) is 1. The number of likely N-dealkylation sites (tertiary alicyclic amines) is 1. The second kappa shape index (κ2) is 6.89. The van der Waals surface area contributed by atoms with Crippen molar-refractivity contribution in [2.75, 3.05) is 19.6 Å². The van der Waals surface area contributed by atoms with E-state index in [1.54, 1.807) is 6.92 Å². The van der Waals surface area contributed by atoms with Gasteiger partial charge in [0, 0.05) is 24.7 Å². The summed E-state index contributed by atoms with van der Waals surface area (Å²) in [5.41, 5.74) is -0.205. The highest BCUT2D eigenvalue weighted by Crippen LogP contribution is 2.17. The van der Waals surface area contributed by atoms with Gasteiger partial charge in [-0.2, -0.15) is 0 Å². The van der Waals surface area contributed by atoms with Crippen molar-refractivity contribution >= 4 is 5.91 Å². The van der Waals surface area contributed by atoms with Crippen molar-refractivity contribution in [1.82, 2.24) is 10.2 Å². The molecule has 5 heteroatoms. The maximum Gasteiger partial charge on any atom is 0.287 e. The van der Waals surface area contributed by atoms with Crippen LogP contribution < -0.4 is 10.7 Å². The summed E-state index contributed by atoms with van der Waals surface area (Å²) in [6.07, 6.45) is 2.45. The van der Waals surface area contributed by atoms with E-state index in [1.165, 1.54) is 25.0 Å². The molecule has 0 saturated carbocycles. The third-order valence-electron chi connectivity index (χ3n) is 3.96. The highest BCUT2D eigenvalue weighted by Gasteiger charge is 2.25. The Labute approximate surface area is 125 Å².